The summed E-state index contributed by atoms with van der Waals surface area (Å²) in [6, 6.07) is 14.1. The number of nitrogens with two attached hydrogens (primary N) is 1. The van der Waals surface area contributed by atoms with Crippen LogP contribution in [0.2, 0.25) is 0 Å². The van der Waals surface area contributed by atoms with Crippen LogP contribution in [0.1, 0.15) is 40.5 Å². The van der Waals surface area contributed by atoms with Crippen molar-refractivity contribution >= 4 is 11.9 Å². The number of carbonyl (C=O) groups excluding carboxylic acids is 1. The first-order chi connectivity index (χ1) is 14.9. The van der Waals surface area contributed by atoms with Crippen molar-refractivity contribution in [2.45, 2.75) is 25.4 Å². The van der Waals surface area contributed by atoms with Gasteiger partial charge in [-0.2, -0.15) is 0 Å². The molecule has 0 radical (unpaired) electrons. The lowest BCUT2D eigenvalue weighted by Gasteiger charge is -2.27. The van der Waals surface area contributed by atoms with E-state index in [4.69, 9.17) is 10.7 Å². The summed E-state index contributed by atoms with van der Waals surface area (Å²) in [5.74, 6) is -0.0184. The quantitative estimate of drug-likeness (QED) is 0.658. The van der Waals surface area contributed by atoms with Gasteiger partial charge >= 0.3 is 0 Å². The van der Waals surface area contributed by atoms with Gasteiger partial charge in [0.1, 0.15) is 5.82 Å². The van der Waals surface area contributed by atoms with Crippen molar-refractivity contribution in [3.8, 4) is 11.1 Å². The number of amides is 1. The van der Waals surface area contributed by atoms with Crippen LogP contribution < -0.4 is 10.6 Å². The Balaban J connectivity index is 1.73. The smallest absolute Gasteiger partial charge is 0.248 e. The average molecular weight is 420 g/mol. The fourth-order valence-electron chi connectivity index (χ4n) is 4.06. The van der Waals surface area contributed by atoms with Crippen molar-refractivity contribution in [3.05, 3.63) is 77.4 Å². The number of primary amides is 1. The number of anilines is 1. The molecule has 0 spiro atoms. The van der Waals surface area contributed by atoms with Crippen molar-refractivity contribution in [1.82, 2.24) is 14.9 Å². The minimum Gasteiger partial charge on any atom is -0.366 e. The fraction of sp³-hybridized carbons (Fsp3) is 0.292. The largest absolute Gasteiger partial charge is 0.366 e. The molecule has 1 saturated heterocycles. The van der Waals surface area contributed by atoms with Gasteiger partial charge in [0.25, 0.3) is 0 Å². The van der Waals surface area contributed by atoms with Crippen LogP contribution in [0.15, 0.2) is 54.7 Å². The van der Waals surface area contributed by atoms with E-state index in [2.05, 4.69) is 9.88 Å². The second kappa shape index (κ2) is 8.81. The minimum atomic E-state index is -0.460. The number of aromatic nitrogens is 2. The summed E-state index contributed by atoms with van der Waals surface area (Å²) < 4.78 is 14.3. The molecule has 0 bridgehead atoms. The Morgan fingerprint density at radius 3 is 2.61 bits per heavy atom. The van der Waals surface area contributed by atoms with E-state index in [0.717, 1.165) is 36.2 Å². The van der Waals surface area contributed by atoms with E-state index in [9.17, 15) is 9.18 Å². The van der Waals surface area contributed by atoms with Crippen LogP contribution in [0.4, 0.5) is 10.3 Å². The van der Waals surface area contributed by atoms with Gasteiger partial charge in [-0.25, -0.2) is 14.4 Å². The fourth-order valence-corrected chi connectivity index (χ4v) is 4.06. The van der Waals surface area contributed by atoms with E-state index in [1.807, 2.05) is 49.5 Å². The van der Waals surface area contributed by atoms with Crippen LogP contribution in [0, 0.1) is 5.82 Å². The van der Waals surface area contributed by atoms with Crippen LogP contribution >= 0.6 is 0 Å². The highest BCUT2D eigenvalue weighted by Gasteiger charge is 2.30. The molecule has 6 nitrogen and oxygen atoms in total. The molecule has 7 heteroatoms. The van der Waals surface area contributed by atoms with Crippen LogP contribution in [0.5, 0.6) is 0 Å². The first-order valence-electron chi connectivity index (χ1n) is 10.4. The van der Waals surface area contributed by atoms with Crippen molar-refractivity contribution in [3.63, 3.8) is 0 Å². The van der Waals surface area contributed by atoms with Crippen LogP contribution in [0.3, 0.4) is 0 Å². The maximum atomic E-state index is 14.3. The number of nitrogens with zero attached hydrogens (tertiary/aromatic N) is 4. The summed E-state index contributed by atoms with van der Waals surface area (Å²) in [5.41, 5.74) is 9.27. The number of benzene rings is 2. The van der Waals surface area contributed by atoms with Gasteiger partial charge in [-0.15, -0.1) is 0 Å². The Bertz CT molecular complexity index is 1080. The highest BCUT2D eigenvalue weighted by Crippen LogP contribution is 2.38. The van der Waals surface area contributed by atoms with Gasteiger partial charge in [-0.1, -0.05) is 30.3 Å². The van der Waals surface area contributed by atoms with E-state index in [1.54, 1.807) is 18.2 Å². The predicted octanol–water partition coefficient (Wildman–Crippen LogP) is 3.78. The zero-order chi connectivity index (χ0) is 22.0. The van der Waals surface area contributed by atoms with Crippen molar-refractivity contribution in [2.75, 3.05) is 25.5 Å². The van der Waals surface area contributed by atoms with E-state index >= 15 is 0 Å². The molecule has 1 aliphatic heterocycles. The summed E-state index contributed by atoms with van der Waals surface area (Å²) in [6.45, 7) is 1.40. The lowest BCUT2D eigenvalue weighted by Crippen LogP contribution is -2.25. The first kappa shape index (κ1) is 20.9. The van der Waals surface area contributed by atoms with Gasteiger partial charge in [0.15, 0.2) is 0 Å². The molecule has 1 amide bonds. The Morgan fingerprint density at radius 2 is 1.94 bits per heavy atom. The molecule has 0 saturated carbocycles. The third-order valence-electron chi connectivity index (χ3n) is 5.70. The number of halogens is 1. The molecular formula is C24H26FN5O. The zero-order valence-corrected chi connectivity index (χ0v) is 17.8. The van der Waals surface area contributed by atoms with Crippen molar-refractivity contribution < 1.29 is 9.18 Å². The molecule has 1 aromatic heterocycles. The number of carbonyl (C=O) groups is 1. The first-order valence-corrected chi connectivity index (χ1v) is 10.4. The summed E-state index contributed by atoms with van der Waals surface area (Å²) >= 11 is 0. The van der Waals surface area contributed by atoms with Gasteiger partial charge in [0.05, 0.1) is 11.7 Å². The normalized spacial score (nSPS) is 16.4. The highest BCUT2D eigenvalue weighted by atomic mass is 19.1. The third-order valence-corrected chi connectivity index (χ3v) is 5.70. The summed E-state index contributed by atoms with van der Waals surface area (Å²) in [4.78, 5) is 25.0. The molecule has 4 rings (SSSR count). The van der Waals surface area contributed by atoms with E-state index < -0.39 is 5.91 Å². The maximum absolute atomic E-state index is 14.3. The third kappa shape index (κ3) is 4.41. The summed E-state index contributed by atoms with van der Waals surface area (Å²) in [6.07, 6.45) is 3.78. The molecule has 3 aromatic rings. The SMILES string of the molecule is CN(C)c1ncc(-c2ccc(C(N)=O)cc2)c([C@@H]2CCCN2Cc2ccccc2F)n1. The molecule has 1 atom stereocenters. The molecule has 160 valence electrons. The number of hydrogen-bond acceptors (Lipinski definition) is 5. The van der Waals surface area contributed by atoms with Gasteiger partial charge in [-0.05, 0) is 43.1 Å². The van der Waals surface area contributed by atoms with E-state index in [0.29, 0.717) is 23.6 Å². The zero-order valence-electron chi connectivity index (χ0n) is 17.8. The predicted molar refractivity (Wildman–Crippen MR) is 119 cm³/mol. The van der Waals surface area contributed by atoms with Gasteiger partial charge in [-0.3, -0.25) is 9.69 Å². The lowest BCUT2D eigenvalue weighted by molar-refractivity contribution is 0.100. The molecule has 0 unspecified atom stereocenters. The van der Waals surface area contributed by atoms with Crippen LogP contribution in [-0.2, 0) is 6.54 Å². The standard InChI is InChI=1S/C24H26FN5O/c1-29(2)24-27-14-19(16-9-11-17(12-10-16)23(26)31)22(28-24)21-8-5-13-30(21)15-18-6-3-4-7-20(18)25/h3-4,6-7,9-12,14,21H,5,8,13,15H2,1-2H3,(H2,26,31)/t21-/m0/s1. The summed E-state index contributed by atoms with van der Waals surface area (Å²) in [7, 11) is 3.82. The second-order valence-corrected chi connectivity index (χ2v) is 8.02. The monoisotopic (exact) mass is 419 g/mol. The molecule has 0 aliphatic carbocycles. The molecule has 1 aliphatic rings. The van der Waals surface area contributed by atoms with Crippen molar-refractivity contribution in [2.24, 2.45) is 5.73 Å². The van der Waals surface area contributed by atoms with Crippen molar-refractivity contribution in [1.29, 1.82) is 0 Å². The second-order valence-electron chi connectivity index (χ2n) is 8.02. The lowest BCUT2D eigenvalue weighted by atomic mass is 9.98. The highest BCUT2D eigenvalue weighted by molar-refractivity contribution is 5.93. The molecule has 2 N–H and O–H groups in total. The van der Waals surface area contributed by atoms with E-state index in [-0.39, 0.29) is 11.9 Å². The average Bonchev–Trinajstić information content (AvgIpc) is 3.23. The Hall–Kier alpha value is -3.32. The van der Waals surface area contributed by atoms with Gasteiger partial charge < -0.3 is 10.6 Å². The Kier molecular flexibility index (Phi) is 5.95. The number of rotatable bonds is 6. The Morgan fingerprint density at radius 1 is 1.19 bits per heavy atom. The molecule has 1 fully saturated rings. The number of likely N-dealkylation sites (tertiary alicyclic amines) is 1. The molecule has 2 heterocycles. The van der Waals surface area contributed by atoms with Gasteiger partial charge in [0.2, 0.25) is 11.9 Å². The Labute approximate surface area is 181 Å². The van der Waals surface area contributed by atoms with E-state index in [1.165, 1.54) is 6.07 Å². The molecule has 31 heavy (non-hydrogen) atoms. The van der Waals surface area contributed by atoms with Crippen LogP contribution in [-0.4, -0.2) is 41.4 Å². The van der Waals surface area contributed by atoms with Gasteiger partial charge in [0, 0.05) is 43.5 Å². The molecule has 2 aromatic carbocycles. The summed E-state index contributed by atoms with van der Waals surface area (Å²) in [5, 5.41) is 0. The molecular weight excluding hydrogens is 393 g/mol. The maximum Gasteiger partial charge on any atom is 0.248 e. The topological polar surface area (TPSA) is 75.4 Å². The minimum absolute atomic E-state index is 0.0483. The van der Waals surface area contributed by atoms with Crippen LogP contribution in [0.25, 0.3) is 11.1 Å². The number of hydrogen-bond donors (Lipinski definition) is 1.